The molecule has 176 valence electrons. The van der Waals surface area contributed by atoms with E-state index < -0.39 is 27.7 Å². The molecule has 2 aliphatic heterocycles. The zero-order valence-electron chi connectivity index (χ0n) is 18.6. The fourth-order valence-corrected chi connectivity index (χ4v) is 6.49. The normalized spacial score (nSPS) is 28.0. The van der Waals surface area contributed by atoms with Gasteiger partial charge < -0.3 is 10.0 Å². The van der Waals surface area contributed by atoms with Gasteiger partial charge in [-0.2, -0.15) is 0 Å². The van der Waals surface area contributed by atoms with Crippen LogP contribution in [0.4, 0.5) is 4.39 Å². The Labute approximate surface area is 193 Å². The Kier molecular flexibility index (Phi) is 5.58. The Bertz CT molecular complexity index is 1160. The van der Waals surface area contributed by atoms with Gasteiger partial charge in [0, 0.05) is 17.6 Å². The first-order chi connectivity index (χ1) is 15.7. The first kappa shape index (κ1) is 22.5. The molecule has 2 aromatic rings. The third kappa shape index (κ3) is 4.09. The maximum atomic E-state index is 15.6. The Morgan fingerprint density at radius 2 is 1.85 bits per heavy atom. The van der Waals surface area contributed by atoms with Crippen LogP contribution in [0.1, 0.15) is 37.7 Å². The summed E-state index contributed by atoms with van der Waals surface area (Å²) < 4.78 is 42.7. The minimum atomic E-state index is -3.54. The number of carbonyl (C=O) groups excluding carboxylic acids is 1. The third-order valence-corrected chi connectivity index (χ3v) is 8.28. The molecule has 0 unspecified atom stereocenters. The van der Waals surface area contributed by atoms with E-state index in [2.05, 4.69) is 4.72 Å². The smallest absolute Gasteiger partial charge is 0.255 e. The van der Waals surface area contributed by atoms with E-state index in [1.54, 1.807) is 23.1 Å². The average molecular weight is 473 g/mol. The second-order valence-electron chi connectivity index (χ2n) is 9.81. The fourth-order valence-electron chi connectivity index (χ4n) is 5.64. The van der Waals surface area contributed by atoms with Crippen molar-refractivity contribution >= 4 is 15.9 Å². The van der Waals surface area contributed by atoms with Gasteiger partial charge in [-0.25, -0.2) is 17.5 Å². The molecule has 4 aliphatic rings. The van der Waals surface area contributed by atoms with E-state index in [-0.39, 0.29) is 30.1 Å². The summed E-state index contributed by atoms with van der Waals surface area (Å²) in [5, 5.41) is 10.8. The minimum absolute atomic E-state index is 0.0462. The lowest BCUT2D eigenvalue weighted by Gasteiger charge is -2.59. The SMILES string of the molecule is CS(=O)(=O)N[C@H]1C2CC(C2)N(C(=O)C2(O)CCC2)[C@H]1Cc1cccc(-c2ccccc2)c1F. The number of fused-ring (bicyclic) bond motifs is 2. The molecule has 6 rings (SSSR count). The van der Waals surface area contributed by atoms with Gasteiger partial charge in [0.2, 0.25) is 10.0 Å². The second-order valence-corrected chi connectivity index (χ2v) is 11.6. The van der Waals surface area contributed by atoms with Crippen LogP contribution < -0.4 is 4.72 Å². The Balaban J connectivity index is 1.52. The molecule has 2 N–H and O–H groups in total. The standard InChI is InChI=1S/C25H29FN2O4S/c1-33(31,32)27-23-18-13-19(14-18)28(24(29)25(30)11-6-12-25)21(23)15-17-9-5-10-20(22(17)26)16-7-3-2-4-8-16/h2-5,7-10,18-19,21,23,27,30H,6,11-15H2,1H3/t18?,19?,21-,23-/m0/s1. The topological polar surface area (TPSA) is 86.7 Å². The van der Waals surface area contributed by atoms with E-state index in [1.165, 1.54) is 0 Å². The maximum absolute atomic E-state index is 15.6. The van der Waals surface area contributed by atoms with Crippen LogP contribution in [0.25, 0.3) is 11.1 Å². The van der Waals surface area contributed by atoms with Gasteiger partial charge in [0.25, 0.3) is 5.91 Å². The largest absolute Gasteiger partial charge is 0.380 e. The predicted molar refractivity (Wildman–Crippen MR) is 123 cm³/mol. The summed E-state index contributed by atoms with van der Waals surface area (Å²) in [6.45, 7) is 0. The molecule has 2 saturated heterocycles. The van der Waals surface area contributed by atoms with Crippen molar-refractivity contribution in [1.82, 2.24) is 9.62 Å². The highest BCUT2D eigenvalue weighted by Crippen LogP contribution is 2.47. The van der Waals surface area contributed by atoms with Crippen molar-refractivity contribution in [3.8, 4) is 11.1 Å². The highest BCUT2D eigenvalue weighted by atomic mass is 32.2. The van der Waals surface area contributed by atoms with Crippen LogP contribution in [-0.4, -0.2) is 54.3 Å². The van der Waals surface area contributed by atoms with Gasteiger partial charge in [-0.05, 0) is 55.6 Å². The van der Waals surface area contributed by atoms with Crippen molar-refractivity contribution in [1.29, 1.82) is 0 Å². The molecule has 8 heteroatoms. The average Bonchev–Trinajstić information content (AvgIpc) is 2.72. The van der Waals surface area contributed by atoms with Crippen LogP contribution in [0.15, 0.2) is 48.5 Å². The molecule has 6 nitrogen and oxygen atoms in total. The van der Waals surface area contributed by atoms with Crippen LogP contribution >= 0.6 is 0 Å². The van der Waals surface area contributed by atoms with Crippen molar-refractivity contribution in [2.45, 2.75) is 62.3 Å². The molecule has 2 heterocycles. The number of hydrogen-bond donors (Lipinski definition) is 2. The zero-order chi connectivity index (χ0) is 23.4. The van der Waals surface area contributed by atoms with Gasteiger partial charge in [-0.15, -0.1) is 0 Å². The number of rotatable bonds is 6. The quantitative estimate of drug-likeness (QED) is 0.677. The Morgan fingerprint density at radius 3 is 2.45 bits per heavy atom. The molecule has 0 aromatic heterocycles. The molecule has 2 saturated carbocycles. The van der Waals surface area contributed by atoms with Crippen LogP contribution in [0.2, 0.25) is 0 Å². The molecule has 0 spiro atoms. The summed E-state index contributed by atoms with van der Waals surface area (Å²) in [5.41, 5.74) is 0.269. The van der Waals surface area contributed by atoms with Crippen molar-refractivity contribution in [2.24, 2.45) is 5.92 Å². The van der Waals surface area contributed by atoms with Crippen LogP contribution in [0.3, 0.4) is 0 Å². The van der Waals surface area contributed by atoms with Gasteiger partial charge in [0.15, 0.2) is 0 Å². The van der Waals surface area contributed by atoms with Gasteiger partial charge in [0.05, 0.1) is 12.3 Å². The molecule has 2 aromatic carbocycles. The van der Waals surface area contributed by atoms with E-state index >= 15 is 4.39 Å². The molecule has 0 radical (unpaired) electrons. The lowest BCUT2D eigenvalue weighted by Crippen LogP contribution is -2.73. The molecule has 33 heavy (non-hydrogen) atoms. The Hall–Kier alpha value is -2.29. The highest BCUT2D eigenvalue weighted by molar-refractivity contribution is 7.88. The summed E-state index contributed by atoms with van der Waals surface area (Å²) >= 11 is 0. The van der Waals surface area contributed by atoms with Crippen LogP contribution in [0.5, 0.6) is 0 Å². The molecular weight excluding hydrogens is 443 g/mol. The third-order valence-electron chi connectivity index (χ3n) is 7.58. The molecule has 2 bridgehead atoms. The summed E-state index contributed by atoms with van der Waals surface area (Å²) in [7, 11) is -3.54. The first-order valence-corrected chi connectivity index (χ1v) is 13.4. The molecule has 1 amide bonds. The monoisotopic (exact) mass is 472 g/mol. The van der Waals surface area contributed by atoms with E-state index in [1.807, 2.05) is 30.3 Å². The number of aliphatic hydroxyl groups is 1. The number of amides is 1. The number of halogens is 1. The number of piperidine rings is 2. The van der Waals surface area contributed by atoms with Crippen LogP contribution in [-0.2, 0) is 21.2 Å². The summed E-state index contributed by atoms with van der Waals surface area (Å²) in [6.07, 6.45) is 4.27. The molecule has 2 aliphatic carbocycles. The summed E-state index contributed by atoms with van der Waals surface area (Å²) in [5.74, 6) is -0.618. The van der Waals surface area contributed by atoms with Crippen molar-refractivity contribution in [3.63, 3.8) is 0 Å². The number of nitrogens with zero attached hydrogens (tertiary/aromatic N) is 1. The second kappa shape index (κ2) is 8.18. The van der Waals surface area contributed by atoms with Gasteiger partial charge in [-0.3, -0.25) is 4.79 Å². The lowest BCUT2D eigenvalue weighted by atomic mass is 9.65. The summed E-state index contributed by atoms with van der Waals surface area (Å²) in [4.78, 5) is 15.1. The molecular formula is C25H29FN2O4S. The first-order valence-electron chi connectivity index (χ1n) is 11.5. The predicted octanol–water partition coefficient (Wildman–Crippen LogP) is 2.86. The van der Waals surface area contributed by atoms with E-state index in [9.17, 15) is 18.3 Å². The van der Waals surface area contributed by atoms with Crippen molar-refractivity contribution < 1.29 is 22.7 Å². The van der Waals surface area contributed by atoms with Crippen molar-refractivity contribution in [2.75, 3.05) is 6.26 Å². The van der Waals surface area contributed by atoms with Gasteiger partial charge in [0.1, 0.15) is 11.4 Å². The van der Waals surface area contributed by atoms with Crippen molar-refractivity contribution in [3.05, 3.63) is 59.9 Å². The summed E-state index contributed by atoms with van der Waals surface area (Å²) in [6, 6.07) is 13.3. The van der Waals surface area contributed by atoms with E-state index in [0.717, 1.165) is 18.2 Å². The maximum Gasteiger partial charge on any atom is 0.255 e. The number of carbonyl (C=O) groups is 1. The number of sulfonamides is 1. The minimum Gasteiger partial charge on any atom is -0.380 e. The molecule has 4 fully saturated rings. The fraction of sp³-hybridized carbons (Fsp3) is 0.480. The van der Waals surface area contributed by atoms with Gasteiger partial charge in [-0.1, -0.05) is 48.5 Å². The number of hydrogen-bond acceptors (Lipinski definition) is 4. The van der Waals surface area contributed by atoms with E-state index in [4.69, 9.17) is 0 Å². The van der Waals surface area contributed by atoms with Crippen LogP contribution in [0, 0.1) is 11.7 Å². The number of nitrogens with one attached hydrogen (secondary N) is 1. The van der Waals surface area contributed by atoms with Gasteiger partial charge >= 0.3 is 0 Å². The van der Waals surface area contributed by atoms with E-state index in [0.29, 0.717) is 36.8 Å². The zero-order valence-corrected chi connectivity index (χ0v) is 19.4. The molecule has 2 atom stereocenters. The lowest BCUT2D eigenvalue weighted by molar-refractivity contribution is -0.177. The number of benzene rings is 2. The Morgan fingerprint density at radius 1 is 1.15 bits per heavy atom. The highest BCUT2D eigenvalue weighted by Gasteiger charge is 2.57.